The molecule has 0 aromatic heterocycles. The zero-order valence-corrected chi connectivity index (χ0v) is 7.43. The van der Waals surface area contributed by atoms with Crippen molar-refractivity contribution in [2.45, 2.75) is 18.4 Å². The summed E-state index contributed by atoms with van der Waals surface area (Å²) in [5, 5.41) is 2.11. The molecule has 1 aromatic carbocycles. The smallest absolute Gasteiger partial charge is 0.258 e. The Balaban J connectivity index is 2.17. The molecule has 1 nitrogen and oxygen atoms in total. The van der Waals surface area contributed by atoms with Gasteiger partial charge < -0.3 is 0 Å². The van der Waals surface area contributed by atoms with Gasteiger partial charge in [-0.1, -0.05) is 12.1 Å². The first-order chi connectivity index (χ1) is 6.57. The van der Waals surface area contributed by atoms with Crippen LogP contribution in [-0.4, -0.2) is 12.6 Å². The van der Waals surface area contributed by atoms with Crippen LogP contribution in [-0.2, 0) is 0 Å². The summed E-state index contributed by atoms with van der Waals surface area (Å²) in [7, 11) is 0. The monoisotopic (exact) mass is 201 g/mol. The Morgan fingerprint density at radius 1 is 1.36 bits per heavy atom. The highest BCUT2D eigenvalue weighted by molar-refractivity contribution is 5.22. The van der Waals surface area contributed by atoms with Crippen LogP contribution >= 0.6 is 0 Å². The summed E-state index contributed by atoms with van der Waals surface area (Å²) >= 11 is 0. The highest BCUT2D eigenvalue weighted by Crippen LogP contribution is 2.33. The molecule has 0 aliphatic carbocycles. The first-order valence-corrected chi connectivity index (χ1v) is 4.45. The summed E-state index contributed by atoms with van der Waals surface area (Å²) in [6.45, 7) is 0.205. The Labute approximate surface area is 79.9 Å². The van der Waals surface area contributed by atoms with Gasteiger partial charge in [0, 0.05) is 18.9 Å². The van der Waals surface area contributed by atoms with Gasteiger partial charge in [0.05, 0.1) is 0 Å². The van der Waals surface area contributed by atoms with Gasteiger partial charge in [-0.15, -0.1) is 0 Å². The number of halogens is 3. The Bertz CT molecular complexity index is 338. The maximum absolute atomic E-state index is 12.8. The lowest BCUT2D eigenvalue weighted by Crippen LogP contribution is -2.28. The van der Waals surface area contributed by atoms with Gasteiger partial charge in [0.15, 0.2) is 0 Å². The van der Waals surface area contributed by atoms with E-state index >= 15 is 0 Å². The second-order valence-corrected chi connectivity index (χ2v) is 3.54. The molecule has 2 rings (SSSR count). The largest absolute Gasteiger partial charge is 0.303 e. The van der Waals surface area contributed by atoms with Crippen LogP contribution in [0.15, 0.2) is 24.3 Å². The van der Waals surface area contributed by atoms with Gasteiger partial charge in [0.1, 0.15) is 5.82 Å². The van der Waals surface area contributed by atoms with Gasteiger partial charge in [-0.05, 0) is 17.7 Å². The molecular weight excluding hydrogens is 191 g/mol. The highest BCUT2D eigenvalue weighted by atomic mass is 19.3. The number of alkyl halides is 2. The molecule has 1 aliphatic rings. The number of nitrogens with one attached hydrogen (secondary N) is 1. The summed E-state index contributed by atoms with van der Waals surface area (Å²) in [4.78, 5) is 0. The van der Waals surface area contributed by atoms with Crippen molar-refractivity contribution in [2.75, 3.05) is 6.54 Å². The Hall–Kier alpha value is -1.03. The van der Waals surface area contributed by atoms with Crippen molar-refractivity contribution in [3.8, 4) is 0 Å². The van der Waals surface area contributed by atoms with Crippen molar-refractivity contribution in [1.82, 2.24) is 5.32 Å². The third kappa shape index (κ3) is 1.90. The van der Waals surface area contributed by atoms with Gasteiger partial charge in [-0.3, -0.25) is 5.32 Å². The number of rotatable bonds is 1. The van der Waals surface area contributed by atoms with Gasteiger partial charge in [0.25, 0.3) is 0 Å². The maximum atomic E-state index is 12.8. The van der Waals surface area contributed by atoms with Crippen LogP contribution in [0, 0.1) is 5.82 Å². The van der Waals surface area contributed by atoms with Gasteiger partial charge in [-0.25, -0.2) is 4.39 Å². The summed E-state index contributed by atoms with van der Waals surface area (Å²) in [6, 6.07) is 3.03. The molecule has 0 radical (unpaired) electrons. The van der Waals surface area contributed by atoms with Crippen molar-refractivity contribution in [2.24, 2.45) is 0 Å². The summed E-state index contributed by atoms with van der Waals surface area (Å²) in [5.74, 6) is -0.668. The SMILES string of the molecule is Fc1cccc([C@@H]2CNC(F)(F)C2)c1. The normalized spacial score (nSPS) is 25.2. The summed E-state index contributed by atoms with van der Waals surface area (Å²) < 4.78 is 38.4. The van der Waals surface area contributed by atoms with E-state index in [1.54, 1.807) is 12.1 Å². The van der Waals surface area contributed by atoms with Crippen LogP contribution in [0.3, 0.4) is 0 Å². The van der Waals surface area contributed by atoms with E-state index in [2.05, 4.69) is 5.32 Å². The fourth-order valence-corrected chi connectivity index (χ4v) is 1.72. The predicted octanol–water partition coefficient (Wildman–Crippen LogP) is 2.50. The van der Waals surface area contributed by atoms with E-state index in [1.807, 2.05) is 0 Å². The van der Waals surface area contributed by atoms with Crippen LogP contribution in [0.5, 0.6) is 0 Å². The van der Waals surface area contributed by atoms with Gasteiger partial charge in [-0.2, -0.15) is 8.78 Å². The second kappa shape index (κ2) is 3.28. The topological polar surface area (TPSA) is 12.0 Å². The fraction of sp³-hybridized carbons (Fsp3) is 0.400. The minimum atomic E-state index is -2.81. The molecule has 4 heteroatoms. The molecule has 0 bridgehead atoms. The van der Waals surface area contributed by atoms with Gasteiger partial charge >= 0.3 is 6.05 Å². The molecule has 76 valence electrons. The van der Waals surface area contributed by atoms with E-state index < -0.39 is 6.05 Å². The van der Waals surface area contributed by atoms with Crippen molar-refractivity contribution in [3.63, 3.8) is 0 Å². The zero-order valence-electron chi connectivity index (χ0n) is 7.43. The Morgan fingerprint density at radius 3 is 2.71 bits per heavy atom. The number of benzene rings is 1. The van der Waals surface area contributed by atoms with E-state index in [1.165, 1.54) is 12.1 Å². The standard InChI is InChI=1S/C10H10F3N/c11-9-3-1-2-7(4-9)8-5-10(12,13)14-6-8/h1-4,8,14H,5-6H2/t8-/m0/s1. The third-order valence-electron chi connectivity index (χ3n) is 2.43. The van der Waals surface area contributed by atoms with E-state index in [-0.39, 0.29) is 24.7 Å². The lowest BCUT2D eigenvalue weighted by Gasteiger charge is -2.09. The molecule has 0 saturated carbocycles. The first kappa shape index (κ1) is 9.52. The lowest BCUT2D eigenvalue weighted by atomic mass is 9.98. The van der Waals surface area contributed by atoms with Gasteiger partial charge in [0.2, 0.25) is 0 Å². The molecule has 14 heavy (non-hydrogen) atoms. The number of hydrogen-bond donors (Lipinski definition) is 1. The molecule has 1 heterocycles. The van der Waals surface area contributed by atoms with Crippen LogP contribution in [0.2, 0.25) is 0 Å². The number of hydrogen-bond acceptors (Lipinski definition) is 1. The van der Waals surface area contributed by atoms with Crippen LogP contribution < -0.4 is 5.32 Å². The maximum Gasteiger partial charge on any atom is 0.303 e. The van der Waals surface area contributed by atoms with Crippen molar-refractivity contribution in [3.05, 3.63) is 35.6 Å². The average molecular weight is 201 g/mol. The van der Waals surface area contributed by atoms with E-state index in [4.69, 9.17) is 0 Å². The minimum absolute atomic E-state index is 0.205. The molecule has 0 amide bonds. The molecular formula is C10H10F3N. The summed E-state index contributed by atoms with van der Waals surface area (Å²) in [5.41, 5.74) is 0.634. The quantitative estimate of drug-likeness (QED) is 0.688. The highest BCUT2D eigenvalue weighted by Gasteiger charge is 2.39. The molecule has 0 unspecified atom stereocenters. The Kier molecular flexibility index (Phi) is 2.23. The van der Waals surface area contributed by atoms with Crippen LogP contribution in [0.1, 0.15) is 17.9 Å². The second-order valence-electron chi connectivity index (χ2n) is 3.54. The molecule has 1 aliphatic heterocycles. The van der Waals surface area contributed by atoms with Crippen molar-refractivity contribution in [1.29, 1.82) is 0 Å². The zero-order chi connectivity index (χ0) is 10.2. The van der Waals surface area contributed by atoms with E-state index in [9.17, 15) is 13.2 Å². The van der Waals surface area contributed by atoms with E-state index in [0.29, 0.717) is 5.56 Å². The fourth-order valence-electron chi connectivity index (χ4n) is 1.72. The first-order valence-electron chi connectivity index (χ1n) is 4.45. The lowest BCUT2D eigenvalue weighted by molar-refractivity contribution is -0.0157. The molecule has 1 aromatic rings. The molecule has 1 fully saturated rings. The van der Waals surface area contributed by atoms with Crippen LogP contribution in [0.4, 0.5) is 13.2 Å². The van der Waals surface area contributed by atoms with Crippen molar-refractivity contribution < 1.29 is 13.2 Å². The molecule has 1 atom stereocenters. The van der Waals surface area contributed by atoms with E-state index in [0.717, 1.165) is 0 Å². The predicted molar refractivity (Wildman–Crippen MR) is 46.7 cm³/mol. The Morgan fingerprint density at radius 2 is 2.14 bits per heavy atom. The minimum Gasteiger partial charge on any atom is -0.258 e. The van der Waals surface area contributed by atoms with Crippen LogP contribution in [0.25, 0.3) is 0 Å². The van der Waals surface area contributed by atoms with Crippen molar-refractivity contribution >= 4 is 0 Å². The summed E-state index contributed by atoms with van der Waals surface area (Å²) in [6.07, 6.45) is -0.254. The molecule has 1 saturated heterocycles. The molecule has 0 spiro atoms. The third-order valence-corrected chi connectivity index (χ3v) is 2.43. The molecule has 1 N–H and O–H groups in total. The average Bonchev–Trinajstić information content (AvgIpc) is 2.46.